The quantitative estimate of drug-likeness (QED) is 0.652. The lowest BCUT2D eigenvalue weighted by Crippen LogP contribution is -2.67. The van der Waals surface area contributed by atoms with E-state index >= 15 is 0 Å². The molecule has 0 radical (unpaired) electrons. The predicted octanol–water partition coefficient (Wildman–Crippen LogP) is 3.93. The van der Waals surface area contributed by atoms with Crippen LogP contribution in [0.25, 0.3) is 0 Å². The van der Waals surface area contributed by atoms with Crippen LogP contribution in [0.5, 0.6) is 0 Å². The van der Waals surface area contributed by atoms with Crippen LogP contribution < -0.4 is 4.90 Å². The Labute approximate surface area is 179 Å². The van der Waals surface area contributed by atoms with Crippen molar-refractivity contribution in [1.29, 1.82) is 0 Å². The Kier molecular flexibility index (Phi) is 7.27. The number of ether oxygens (including phenoxy) is 1. The van der Waals surface area contributed by atoms with E-state index in [2.05, 4.69) is 36.1 Å². The number of hydrogen-bond donors (Lipinski definition) is 0. The molecule has 3 rings (SSSR count). The number of methoxy groups -OCH3 is 1. The fourth-order valence-corrected chi connectivity index (χ4v) is 4.58. The number of nitrogens with zero attached hydrogens (tertiary/aromatic N) is 2. The van der Waals surface area contributed by atoms with E-state index in [1.54, 1.807) is 4.90 Å². The molecule has 1 aliphatic heterocycles. The number of para-hydroxylation sites is 1. The molecule has 0 spiro atoms. The molecule has 1 heterocycles. The lowest BCUT2D eigenvalue weighted by Gasteiger charge is -2.50. The van der Waals surface area contributed by atoms with Gasteiger partial charge in [-0.1, -0.05) is 62.4 Å². The van der Waals surface area contributed by atoms with Gasteiger partial charge in [0, 0.05) is 37.7 Å². The minimum Gasteiger partial charge on any atom is -0.467 e. The van der Waals surface area contributed by atoms with Crippen LogP contribution in [0.15, 0.2) is 60.7 Å². The molecule has 0 bridgehead atoms. The molecular formula is C25H32N2O3. The molecule has 1 fully saturated rings. The third kappa shape index (κ3) is 4.41. The SMILES string of the molecule is CCC(=O)N(c1ccccc1)[C@@]1(C(=O)OC)CCN(CCc2ccccc2)C[C@H]1C. The summed E-state index contributed by atoms with van der Waals surface area (Å²) in [6.07, 6.45) is 1.85. The summed E-state index contributed by atoms with van der Waals surface area (Å²) in [6.45, 7) is 6.31. The second-order valence-electron chi connectivity index (χ2n) is 8.02. The maximum atomic E-state index is 13.2. The predicted molar refractivity (Wildman–Crippen MR) is 119 cm³/mol. The number of esters is 1. The molecule has 2 aromatic carbocycles. The van der Waals surface area contributed by atoms with E-state index in [9.17, 15) is 9.59 Å². The molecular weight excluding hydrogens is 376 g/mol. The van der Waals surface area contributed by atoms with Crippen molar-refractivity contribution in [2.24, 2.45) is 5.92 Å². The van der Waals surface area contributed by atoms with E-state index < -0.39 is 5.54 Å². The van der Waals surface area contributed by atoms with E-state index in [1.165, 1.54) is 12.7 Å². The smallest absolute Gasteiger partial charge is 0.332 e. The fourth-order valence-electron chi connectivity index (χ4n) is 4.58. The molecule has 5 nitrogen and oxygen atoms in total. The molecule has 1 saturated heterocycles. The van der Waals surface area contributed by atoms with Gasteiger partial charge in [-0.2, -0.15) is 0 Å². The first kappa shape index (κ1) is 22.0. The monoisotopic (exact) mass is 408 g/mol. The summed E-state index contributed by atoms with van der Waals surface area (Å²) in [5.41, 5.74) is 1.06. The molecule has 0 saturated carbocycles. The molecule has 1 aliphatic rings. The van der Waals surface area contributed by atoms with Crippen molar-refractivity contribution in [2.45, 2.75) is 38.6 Å². The van der Waals surface area contributed by atoms with Crippen molar-refractivity contribution in [1.82, 2.24) is 4.90 Å². The van der Waals surface area contributed by atoms with Crippen molar-refractivity contribution in [3.05, 3.63) is 66.2 Å². The highest BCUT2D eigenvalue weighted by atomic mass is 16.5. The number of likely N-dealkylation sites (tertiary alicyclic amines) is 1. The van der Waals surface area contributed by atoms with Gasteiger partial charge >= 0.3 is 5.97 Å². The average Bonchev–Trinajstić information content (AvgIpc) is 2.79. The van der Waals surface area contributed by atoms with Crippen LogP contribution in [0.2, 0.25) is 0 Å². The van der Waals surface area contributed by atoms with Gasteiger partial charge in [-0.3, -0.25) is 9.69 Å². The van der Waals surface area contributed by atoms with Crippen molar-refractivity contribution >= 4 is 17.6 Å². The van der Waals surface area contributed by atoms with Crippen molar-refractivity contribution < 1.29 is 14.3 Å². The summed E-state index contributed by atoms with van der Waals surface area (Å²) in [4.78, 5) is 30.4. The number of benzene rings is 2. The second kappa shape index (κ2) is 9.90. The lowest BCUT2D eigenvalue weighted by atomic mass is 9.76. The molecule has 0 aliphatic carbocycles. The van der Waals surface area contributed by atoms with Crippen LogP contribution >= 0.6 is 0 Å². The van der Waals surface area contributed by atoms with Crippen molar-refractivity contribution in [2.75, 3.05) is 31.6 Å². The third-order valence-electron chi connectivity index (χ3n) is 6.22. The Balaban J connectivity index is 1.86. The zero-order valence-corrected chi connectivity index (χ0v) is 18.2. The van der Waals surface area contributed by atoms with Crippen LogP contribution in [0, 0.1) is 5.92 Å². The summed E-state index contributed by atoms with van der Waals surface area (Å²) in [6, 6.07) is 19.9. The Bertz CT molecular complexity index is 840. The van der Waals surface area contributed by atoms with Crippen molar-refractivity contribution in [3.63, 3.8) is 0 Å². The first-order chi connectivity index (χ1) is 14.5. The van der Waals surface area contributed by atoms with E-state index in [1.807, 2.05) is 43.3 Å². The maximum absolute atomic E-state index is 13.2. The molecule has 0 N–H and O–H groups in total. The topological polar surface area (TPSA) is 49.9 Å². The molecule has 5 heteroatoms. The van der Waals surface area contributed by atoms with Gasteiger partial charge in [0.25, 0.3) is 0 Å². The van der Waals surface area contributed by atoms with Crippen LogP contribution in [0.1, 0.15) is 32.3 Å². The molecule has 0 unspecified atom stereocenters. The van der Waals surface area contributed by atoms with Gasteiger partial charge in [0.05, 0.1) is 7.11 Å². The zero-order valence-electron chi connectivity index (χ0n) is 18.2. The Hall–Kier alpha value is -2.66. The Morgan fingerprint density at radius 3 is 2.30 bits per heavy atom. The maximum Gasteiger partial charge on any atom is 0.332 e. The molecule has 160 valence electrons. The summed E-state index contributed by atoms with van der Waals surface area (Å²) < 4.78 is 5.27. The van der Waals surface area contributed by atoms with E-state index in [0.29, 0.717) is 12.8 Å². The number of amides is 1. The first-order valence-electron chi connectivity index (χ1n) is 10.8. The number of hydrogen-bond acceptors (Lipinski definition) is 4. The summed E-state index contributed by atoms with van der Waals surface area (Å²) in [5, 5.41) is 0. The van der Waals surface area contributed by atoms with Gasteiger partial charge in [0.2, 0.25) is 5.91 Å². The first-order valence-corrected chi connectivity index (χ1v) is 10.8. The number of piperidine rings is 1. The van der Waals surface area contributed by atoms with Crippen LogP contribution in [-0.4, -0.2) is 49.1 Å². The summed E-state index contributed by atoms with van der Waals surface area (Å²) in [5.74, 6) is -0.454. The van der Waals surface area contributed by atoms with Gasteiger partial charge in [0.1, 0.15) is 5.54 Å². The zero-order chi connectivity index (χ0) is 21.6. The largest absolute Gasteiger partial charge is 0.467 e. The molecule has 30 heavy (non-hydrogen) atoms. The summed E-state index contributed by atoms with van der Waals surface area (Å²) >= 11 is 0. The van der Waals surface area contributed by atoms with E-state index in [4.69, 9.17) is 4.74 Å². The normalized spacial score (nSPS) is 21.8. The molecule has 2 atom stereocenters. The third-order valence-corrected chi connectivity index (χ3v) is 6.22. The number of carbonyl (C=O) groups is 2. The van der Waals surface area contributed by atoms with Crippen LogP contribution in [0.3, 0.4) is 0 Å². The highest BCUT2D eigenvalue weighted by Crippen LogP contribution is 2.39. The standard InChI is InChI=1S/C25H32N2O3/c1-4-23(28)27(22-13-9-6-10-14-22)25(24(29)30-3)16-18-26(19-20(25)2)17-15-21-11-7-5-8-12-21/h5-14,20H,4,15-19H2,1-3H3/t20-,25+/m1/s1. The van der Waals surface area contributed by atoms with Crippen molar-refractivity contribution in [3.8, 4) is 0 Å². The highest BCUT2D eigenvalue weighted by Gasteiger charge is 2.54. The number of carbonyl (C=O) groups excluding carboxylic acids is 2. The van der Waals surface area contributed by atoms with E-state index in [-0.39, 0.29) is 17.8 Å². The van der Waals surface area contributed by atoms with E-state index in [0.717, 1.165) is 31.7 Å². The number of anilines is 1. The van der Waals surface area contributed by atoms with Gasteiger partial charge < -0.3 is 9.64 Å². The molecule has 0 aromatic heterocycles. The number of rotatable bonds is 7. The average molecular weight is 409 g/mol. The Morgan fingerprint density at radius 1 is 1.10 bits per heavy atom. The fraction of sp³-hybridized carbons (Fsp3) is 0.440. The highest BCUT2D eigenvalue weighted by molar-refractivity contribution is 6.02. The minimum absolute atomic E-state index is 0.0591. The molecule has 1 amide bonds. The van der Waals surface area contributed by atoms with Gasteiger partial charge in [0.15, 0.2) is 0 Å². The minimum atomic E-state index is -0.994. The van der Waals surface area contributed by atoms with Crippen LogP contribution in [0.4, 0.5) is 5.69 Å². The molecule has 2 aromatic rings. The van der Waals surface area contributed by atoms with Gasteiger partial charge in [-0.25, -0.2) is 4.79 Å². The van der Waals surface area contributed by atoms with Gasteiger partial charge in [-0.15, -0.1) is 0 Å². The second-order valence-corrected chi connectivity index (χ2v) is 8.02. The van der Waals surface area contributed by atoms with Crippen LogP contribution in [-0.2, 0) is 20.7 Å². The Morgan fingerprint density at radius 2 is 1.73 bits per heavy atom. The van der Waals surface area contributed by atoms with Gasteiger partial charge in [-0.05, 0) is 30.5 Å². The summed E-state index contributed by atoms with van der Waals surface area (Å²) in [7, 11) is 1.41. The lowest BCUT2D eigenvalue weighted by molar-refractivity contribution is -0.153.